The predicted octanol–water partition coefficient (Wildman–Crippen LogP) is 4.99. The average Bonchev–Trinajstić information content (AvgIpc) is 3.41. The number of carboxylic acid groups (broad SMARTS) is 1. The highest BCUT2D eigenvalue weighted by Crippen LogP contribution is 2.46. The van der Waals surface area contributed by atoms with Gasteiger partial charge >= 0.3 is 11.9 Å². The first kappa shape index (κ1) is 26.3. The van der Waals surface area contributed by atoms with E-state index in [-0.39, 0.29) is 23.7 Å². The molecule has 1 saturated heterocycles. The summed E-state index contributed by atoms with van der Waals surface area (Å²) in [5.41, 5.74) is -0.00526. The molecule has 1 saturated carbocycles. The van der Waals surface area contributed by atoms with E-state index in [1.54, 1.807) is 19.2 Å². The Bertz CT molecular complexity index is 1130. The molecule has 0 spiro atoms. The number of nitrogens with zero attached hydrogens (tertiary/aromatic N) is 1. The van der Waals surface area contributed by atoms with E-state index >= 15 is 0 Å². The first-order valence-corrected chi connectivity index (χ1v) is 13.0. The third-order valence-electron chi connectivity index (χ3n) is 6.98. The van der Waals surface area contributed by atoms with Gasteiger partial charge in [-0.25, -0.2) is 9.78 Å². The Morgan fingerprint density at radius 2 is 1.92 bits per heavy atom. The third kappa shape index (κ3) is 5.47. The maximum atomic E-state index is 13.3. The van der Waals surface area contributed by atoms with Crippen LogP contribution < -0.4 is 9.47 Å². The highest BCUT2D eigenvalue weighted by atomic mass is 35.5. The number of hydrogen-bond donors (Lipinski definition) is 1. The molecule has 1 N–H and O–H groups in total. The van der Waals surface area contributed by atoms with Crippen molar-refractivity contribution >= 4 is 41.1 Å². The summed E-state index contributed by atoms with van der Waals surface area (Å²) in [6.45, 7) is 0. The summed E-state index contributed by atoms with van der Waals surface area (Å²) in [7, 11) is 3.11. The molecule has 36 heavy (non-hydrogen) atoms. The maximum absolute atomic E-state index is 13.3. The van der Waals surface area contributed by atoms with Gasteiger partial charge in [0.2, 0.25) is 0 Å². The smallest absolute Gasteiger partial charge is 0.337 e. The van der Waals surface area contributed by atoms with Crippen molar-refractivity contribution in [2.75, 3.05) is 14.2 Å². The Labute approximate surface area is 218 Å². The summed E-state index contributed by atoms with van der Waals surface area (Å²) in [5.74, 6) is -0.645. The van der Waals surface area contributed by atoms with E-state index < -0.39 is 22.8 Å². The van der Waals surface area contributed by atoms with Crippen molar-refractivity contribution in [2.24, 2.45) is 5.92 Å². The number of ether oxygens (including phenoxy) is 3. The highest BCUT2D eigenvalue weighted by molar-refractivity contribution is 8.01. The molecule has 0 radical (unpaired) electrons. The minimum absolute atomic E-state index is 0.0335. The van der Waals surface area contributed by atoms with Crippen molar-refractivity contribution in [1.29, 1.82) is 0 Å². The molecule has 10 heteroatoms. The third-order valence-corrected chi connectivity index (χ3v) is 8.45. The summed E-state index contributed by atoms with van der Waals surface area (Å²) in [5, 5.41) is 8.87. The predicted molar refractivity (Wildman–Crippen MR) is 134 cm³/mol. The second-order valence-electron chi connectivity index (χ2n) is 9.10. The molecule has 192 valence electrons. The van der Waals surface area contributed by atoms with Crippen LogP contribution in [0.3, 0.4) is 0 Å². The Balaban J connectivity index is 1.54. The average molecular weight is 534 g/mol. The van der Waals surface area contributed by atoms with Crippen molar-refractivity contribution in [3.05, 3.63) is 46.6 Å². The molecule has 1 aliphatic heterocycles. The van der Waals surface area contributed by atoms with Gasteiger partial charge in [-0.05, 0) is 55.4 Å². The van der Waals surface area contributed by atoms with Crippen LogP contribution in [0.5, 0.6) is 11.5 Å². The number of aromatic carboxylic acids is 1. The van der Waals surface area contributed by atoms with E-state index in [0.29, 0.717) is 34.4 Å². The number of methoxy groups -OCH3 is 2. The molecule has 1 aliphatic carbocycles. The number of pyridine rings is 1. The maximum Gasteiger partial charge on any atom is 0.337 e. The Kier molecular flexibility index (Phi) is 8.10. The fourth-order valence-electron chi connectivity index (χ4n) is 5.11. The topological polar surface area (TPSA) is 112 Å². The molecule has 2 unspecified atom stereocenters. The number of esters is 1. The summed E-state index contributed by atoms with van der Waals surface area (Å²) < 4.78 is 17.0. The number of carbonyl (C=O) groups excluding carboxylic acids is 2. The van der Waals surface area contributed by atoms with Gasteiger partial charge in [0.05, 0.1) is 29.8 Å². The van der Waals surface area contributed by atoms with Gasteiger partial charge in [-0.3, -0.25) is 9.59 Å². The number of aryl methyl sites for hydroxylation is 1. The number of hydrogen-bond acceptors (Lipinski definition) is 8. The normalized spacial score (nSPS) is 22.4. The number of aromatic nitrogens is 1. The van der Waals surface area contributed by atoms with Crippen LogP contribution in [0.1, 0.15) is 54.4 Å². The summed E-state index contributed by atoms with van der Waals surface area (Å²) in [4.78, 5) is 41.6. The molecule has 2 fully saturated rings. The second kappa shape index (κ2) is 11.1. The lowest BCUT2D eigenvalue weighted by Gasteiger charge is -2.42. The number of thioether (sulfide) groups is 1. The van der Waals surface area contributed by atoms with Crippen LogP contribution in [-0.4, -0.2) is 52.9 Å². The zero-order valence-electron chi connectivity index (χ0n) is 20.1. The van der Waals surface area contributed by atoms with E-state index in [1.165, 1.54) is 25.4 Å². The van der Waals surface area contributed by atoms with E-state index in [9.17, 15) is 14.4 Å². The van der Waals surface area contributed by atoms with Gasteiger partial charge in [0.15, 0.2) is 11.0 Å². The fraction of sp³-hybridized carbons (Fsp3) is 0.462. The van der Waals surface area contributed by atoms with Crippen LogP contribution in [0.2, 0.25) is 5.02 Å². The summed E-state index contributed by atoms with van der Waals surface area (Å²) >= 11 is 7.34. The summed E-state index contributed by atoms with van der Waals surface area (Å²) in [6, 6.07) is 6.41. The van der Waals surface area contributed by atoms with Gasteiger partial charge in [0.1, 0.15) is 17.1 Å². The van der Waals surface area contributed by atoms with Crippen molar-refractivity contribution in [1.82, 2.24) is 4.98 Å². The zero-order valence-corrected chi connectivity index (χ0v) is 21.7. The SMILES string of the molecule is COc1cc(OC)c(CCC2(C3CCCC3)CC(=O)C(Sc3ccc(C(=O)O)cn3)C(=O)O2)cc1Cl. The molecule has 0 amide bonds. The number of Topliss-reactive ketones (excluding diaryl/α,β-unsaturated/α-hetero) is 1. The number of ketones is 1. The van der Waals surface area contributed by atoms with Crippen LogP contribution in [0, 0.1) is 5.92 Å². The molecule has 1 aromatic carbocycles. The largest absolute Gasteiger partial charge is 0.496 e. The van der Waals surface area contributed by atoms with E-state index in [4.69, 9.17) is 30.9 Å². The molecule has 2 heterocycles. The molecule has 4 rings (SSSR count). The first-order chi connectivity index (χ1) is 17.3. The van der Waals surface area contributed by atoms with E-state index in [0.717, 1.165) is 43.0 Å². The van der Waals surface area contributed by atoms with Crippen molar-refractivity contribution in [2.45, 2.75) is 60.8 Å². The number of cyclic esters (lactones) is 1. The number of halogens is 1. The zero-order chi connectivity index (χ0) is 25.9. The van der Waals surface area contributed by atoms with Crippen LogP contribution in [0.4, 0.5) is 0 Å². The molecule has 2 atom stereocenters. The number of carboxylic acids is 1. The first-order valence-electron chi connectivity index (χ1n) is 11.8. The van der Waals surface area contributed by atoms with Crippen molar-refractivity contribution in [3.8, 4) is 11.5 Å². The van der Waals surface area contributed by atoms with Gasteiger partial charge in [-0.2, -0.15) is 0 Å². The van der Waals surface area contributed by atoms with E-state index in [1.807, 2.05) is 0 Å². The highest BCUT2D eigenvalue weighted by Gasteiger charge is 2.52. The number of benzene rings is 1. The molecule has 0 bridgehead atoms. The van der Waals surface area contributed by atoms with Crippen LogP contribution in [0.15, 0.2) is 35.5 Å². The molecule has 1 aromatic heterocycles. The molecule has 8 nitrogen and oxygen atoms in total. The van der Waals surface area contributed by atoms with Crippen LogP contribution >= 0.6 is 23.4 Å². The minimum Gasteiger partial charge on any atom is -0.496 e. The molecular weight excluding hydrogens is 506 g/mol. The van der Waals surface area contributed by atoms with Gasteiger partial charge < -0.3 is 19.3 Å². The Morgan fingerprint density at radius 1 is 1.19 bits per heavy atom. The van der Waals surface area contributed by atoms with Crippen LogP contribution in [0.25, 0.3) is 0 Å². The van der Waals surface area contributed by atoms with Gasteiger partial charge in [-0.1, -0.05) is 36.2 Å². The monoisotopic (exact) mass is 533 g/mol. The Morgan fingerprint density at radius 3 is 2.50 bits per heavy atom. The van der Waals surface area contributed by atoms with E-state index in [2.05, 4.69) is 4.98 Å². The molecule has 2 aromatic rings. The van der Waals surface area contributed by atoms with Gasteiger partial charge in [0.25, 0.3) is 0 Å². The minimum atomic E-state index is -1.09. The molecular formula is C26H28ClNO7S. The second-order valence-corrected chi connectivity index (χ2v) is 10.6. The van der Waals surface area contributed by atoms with Crippen molar-refractivity contribution < 1.29 is 33.7 Å². The van der Waals surface area contributed by atoms with Crippen LogP contribution in [-0.2, 0) is 20.7 Å². The number of rotatable bonds is 9. The molecule has 2 aliphatic rings. The lowest BCUT2D eigenvalue weighted by Crippen LogP contribution is -2.53. The standard InChI is InChI=1S/C26H28ClNO7S/c1-33-20-12-21(34-2)18(27)11-15(20)9-10-26(17-5-3-4-6-17)13-19(29)23(25(32)35-26)36-22-8-7-16(14-28-22)24(30)31/h7-8,11-12,14,17,23H,3-6,9-10,13H2,1-2H3,(H,30,31). The quantitative estimate of drug-likeness (QED) is 0.352. The van der Waals surface area contributed by atoms with Gasteiger partial charge in [-0.15, -0.1) is 0 Å². The summed E-state index contributed by atoms with van der Waals surface area (Å²) in [6.07, 6.45) is 6.19. The number of carbonyl (C=O) groups is 3. The Hall–Kier alpha value is -2.78. The lowest BCUT2D eigenvalue weighted by atomic mass is 9.76. The lowest BCUT2D eigenvalue weighted by molar-refractivity contribution is -0.177. The fourth-order valence-corrected chi connectivity index (χ4v) is 6.23. The van der Waals surface area contributed by atoms with Gasteiger partial charge in [0, 0.05) is 18.7 Å². The van der Waals surface area contributed by atoms with Crippen molar-refractivity contribution in [3.63, 3.8) is 0 Å².